The Morgan fingerprint density at radius 3 is 2.46 bits per heavy atom. The Hall–Kier alpha value is -4.60. The van der Waals surface area contributed by atoms with Crippen molar-refractivity contribution < 1.29 is 24.2 Å². The highest BCUT2D eigenvalue weighted by atomic mass is 16.5. The highest BCUT2D eigenvalue weighted by molar-refractivity contribution is 5.90. The molecule has 2 atom stereocenters. The molecule has 180 valence electrons. The molecule has 0 aliphatic heterocycles. The van der Waals surface area contributed by atoms with Crippen LogP contribution in [0.3, 0.4) is 0 Å². The number of nitrogens with one attached hydrogen (secondary N) is 4. The van der Waals surface area contributed by atoms with Gasteiger partial charge in [0.2, 0.25) is 5.91 Å². The molecule has 1 unspecified atom stereocenters. The Morgan fingerprint density at radius 1 is 0.943 bits per heavy atom. The van der Waals surface area contributed by atoms with Gasteiger partial charge in [0.15, 0.2) is 0 Å². The van der Waals surface area contributed by atoms with Gasteiger partial charge in [-0.15, -0.1) is 0 Å². The van der Waals surface area contributed by atoms with E-state index in [2.05, 4.69) is 25.6 Å². The first kappa shape index (κ1) is 23.6. The van der Waals surface area contributed by atoms with Gasteiger partial charge < -0.3 is 30.4 Å². The molecule has 10 heteroatoms. The van der Waals surface area contributed by atoms with Gasteiger partial charge in [-0.25, -0.2) is 14.6 Å². The molecule has 0 aliphatic carbocycles. The number of hydrogen-bond donors (Lipinski definition) is 5. The Balaban J connectivity index is 1.44. The molecule has 10 nitrogen and oxygen atoms in total. The number of aromatic nitrogens is 3. The first-order chi connectivity index (χ1) is 17.0. The molecule has 2 aromatic heterocycles. The molecule has 0 aliphatic rings. The number of imidazole rings is 1. The number of aromatic amines is 2. The van der Waals surface area contributed by atoms with Gasteiger partial charge in [0, 0.05) is 41.8 Å². The predicted molar refractivity (Wildman–Crippen MR) is 127 cm³/mol. The van der Waals surface area contributed by atoms with E-state index in [9.17, 15) is 19.5 Å². The molecule has 4 rings (SSSR count). The van der Waals surface area contributed by atoms with E-state index in [1.807, 2.05) is 54.6 Å². The number of H-pyrrole nitrogens is 2. The van der Waals surface area contributed by atoms with Crippen LogP contribution >= 0.6 is 0 Å². The van der Waals surface area contributed by atoms with Crippen molar-refractivity contribution in [3.8, 4) is 0 Å². The van der Waals surface area contributed by atoms with Gasteiger partial charge in [-0.2, -0.15) is 0 Å². The average Bonchev–Trinajstić information content (AvgIpc) is 3.52. The lowest BCUT2D eigenvalue weighted by molar-refractivity contribution is -0.142. The maximum absolute atomic E-state index is 13.1. The zero-order valence-corrected chi connectivity index (χ0v) is 18.7. The third-order valence-corrected chi connectivity index (χ3v) is 5.51. The van der Waals surface area contributed by atoms with Crippen LogP contribution in [-0.4, -0.2) is 50.1 Å². The van der Waals surface area contributed by atoms with E-state index in [0.717, 1.165) is 22.0 Å². The van der Waals surface area contributed by atoms with Gasteiger partial charge in [0.25, 0.3) is 0 Å². The Labute approximate surface area is 200 Å². The topological polar surface area (TPSA) is 149 Å². The number of nitrogens with zero attached hydrogens (tertiary/aromatic N) is 1. The van der Waals surface area contributed by atoms with Gasteiger partial charge in [0.1, 0.15) is 18.7 Å². The van der Waals surface area contributed by atoms with Gasteiger partial charge in [-0.3, -0.25) is 4.79 Å². The zero-order valence-electron chi connectivity index (χ0n) is 18.7. The van der Waals surface area contributed by atoms with Crippen LogP contribution < -0.4 is 10.6 Å². The average molecular weight is 476 g/mol. The van der Waals surface area contributed by atoms with E-state index in [0.29, 0.717) is 5.69 Å². The summed E-state index contributed by atoms with van der Waals surface area (Å²) in [6.07, 6.45) is 4.06. The van der Waals surface area contributed by atoms with Crippen molar-refractivity contribution in [1.29, 1.82) is 0 Å². The van der Waals surface area contributed by atoms with Crippen molar-refractivity contribution in [1.82, 2.24) is 25.6 Å². The smallest absolute Gasteiger partial charge is 0.408 e. The molecule has 2 aromatic carbocycles. The summed E-state index contributed by atoms with van der Waals surface area (Å²) in [6.45, 7) is 0.0311. The lowest BCUT2D eigenvalue weighted by Gasteiger charge is -2.21. The van der Waals surface area contributed by atoms with Crippen molar-refractivity contribution in [3.05, 3.63) is 90.1 Å². The summed E-state index contributed by atoms with van der Waals surface area (Å²) in [5, 5.41) is 15.7. The van der Waals surface area contributed by atoms with Crippen LogP contribution in [0, 0.1) is 0 Å². The molecule has 0 fully saturated rings. The van der Waals surface area contributed by atoms with Gasteiger partial charge in [-0.1, -0.05) is 48.5 Å². The van der Waals surface area contributed by atoms with Crippen molar-refractivity contribution in [2.24, 2.45) is 0 Å². The molecular weight excluding hydrogens is 450 g/mol. The normalized spacial score (nSPS) is 12.6. The van der Waals surface area contributed by atoms with Crippen LogP contribution in [-0.2, 0) is 33.8 Å². The summed E-state index contributed by atoms with van der Waals surface area (Å²) in [5.41, 5.74) is 3.02. The summed E-state index contributed by atoms with van der Waals surface area (Å²) >= 11 is 0. The molecule has 5 N–H and O–H groups in total. The maximum Gasteiger partial charge on any atom is 0.408 e. The number of carbonyl (C=O) groups is 3. The fraction of sp³-hybridized carbons (Fsp3) is 0.200. The summed E-state index contributed by atoms with van der Waals surface area (Å²) in [6, 6.07) is 14.3. The van der Waals surface area contributed by atoms with E-state index in [1.165, 1.54) is 12.5 Å². The maximum atomic E-state index is 13.1. The molecule has 4 aromatic rings. The highest BCUT2D eigenvalue weighted by Crippen LogP contribution is 2.19. The number of rotatable bonds is 10. The van der Waals surface area contributed by atoms with Crippen LogP contribution in [0.2, 0.25) is 0 Å². The van der Waals surface area contributed by atoms with Gasteiger partial charge in [0.05, 0.1) is 6.33 Å². The van der Waals surface area contributed by atoms with Crippen LogP contribution in [0.4, 0.5) is 4.79 Å². The monoisotopic (exact) mass is 475 g/mol. The van der Waals surface area contributed by atoms with Crippen LogP contribution in [0.1, 0.15) is 16.8 Å². The summed E-state index contributed by atoms with van der Waals surface area (Å²) in [4.78, 5) is 47.4. The van der Waals surface area contributed by atoms with Crippen LogP contribution in [0.25, 0.3) is 10.9 Å². The first-order valence-electron chi connectivity index (χ1n) is 11.0. The predicted octanol–water partition coefficient (Wildman–Crippen LogP) is 2.54. The van der Waals surface area contributed by atoms with E-state index in [4.69, 9.17) is 4.74 Å². The summed E-state index contributed by atoms with van der Waals surface area (Å²) < 4.78 is 5.24. The molecule has 0 saturated carbocycles. The minimum absolute atomic E-state index is 0.0311. The van der Waals surface area contributed by atoms with Crippen LogP contribution in [0.5, 0.6) is 0 Å². The van der Waals surface area contributed by atoms with Gasteiger partial charge in [-0.05, 0) is 17.2 Å². The Kier molecular flexibility index (Phi) is 7.41. The Bertz CT molecular complexity index is 1290. The lowest BCUT2D eigenvalue weighted by Crippen LogP contribution is -2.53. The third kappa shape index (κ3) is 6.26. The lowest BCUT2D eigenvalue weighted by atomic mass is 10.0. The number of amides is 2. The fourth-order valence-electron chi connectivity index (χ4n) is 3.73. The van der Waals surface area contributed by atoms with E-state index in [1.54, 1.807) is 6.20 Å². The van der Waals surface area contributed by atoms with E-state index < -0.39 is 30.1 Å². The molecule has 0 bridgehead atoms. The number of benzene rings is 2. The second kappa shape index (κ2) is 11.0. The number of aliphatic carboxylic acids is 1. The minimum atomic E-state index is -1.20. The number of fused-ring (bicyclic) bond motifs is 1. The van der Waals surface area contributed by atoms with Crippen molar-refractivity contribution >= 4 is 28.9 Å². The van der Waals surface area contributed by atoms with Crippen LogP contribution in [0.15, 0.2) is 73.3 Å². The van der Waals surface area contributed by atoms with Crippen molar-refractivity contribution in [3.63, 3.8) is 0 Å². The standard InChI is InChI=1S/C25H25N5O5/c31-23(29-22(24(32)33)10-17-12-27-20-9-5-4-8-19(17)20)21(11-18-13-26-15-28-18)30-25(34)35-14-16-6-2-1-3-7-16/h1-9,12-13,15,21-22,27H,10-11,14H2,(H,26,28)(H,29,31)(H,30,34)(H,32,33)/t21?,22-/m1/s1. The zero-order chi connectivity index (χ0) is 24.6. The first-order valence-corrected chi connectivity index (χ1v) is 11.0. The summed E-state index contributed by atoms with van der Waals surface area (Å²) in [7, 11) is 0. The fourth-order valence-corrected chi connectivity index (χ4v) is 3.73. The largest absolute Gasteiger partial charge is 0.480 e. The molecular formula is C25H25N5O5. The third-order valence-electron chi connectivity index (χ3n) is 5.51. The number of alkyl carbamates (subject to hydrolysis) is 1. The molecule has 0 spiro atoms. The molecule has 2 amide bonds. The summed E-state index contributed by atoms with van der Waals surface area (Å²) in [5.74, 6) is -1.83. The number of ether oxygens (including phenoxy) is 1. The molecule has 0 radical (unpaired) electrons. The second-order valence-corrected chi connectivity index (χ2v) is 8.00. The number of para-hydroxylation sites is 1. The SMILES string of the molecule is O=C(NC(Cc1cnc[nH]1)C(=O)N[C@H](Cc1c[nH]c2ccccc12)C(=O)O)OCc1ccccc1. The van der Waals surface area contributed by atoms with E-state index >= 15 is 0 Å². The van der Waals surface area contributed by atoms with E-state index in [-0.39, 0.29) is 19.4 Å². The number of carbonyl (C=O) groups excluding carboxylic acids is 2. The molecule has 35 heavy (non-hydrogen) atoms. The number of carboxylic acids is 1. The molecule has 2 heterocycles. The van der Waals surface area contributed by atoms with Gasteiger partial charge >= 0.3 is 12.1 Å². The quantitative estimate of drug-likeness (QED) is 0.238. The molecule has 0 saturated heterocycles. The number of carboxylic acid groups (broad SMARTS) is 1. The van der Waals surface area contributed by atoms with Crippen molar-refractivity contribution in [2.75, 3.05) is 0 Å². The van der Waals surface area contributed by atoms with Crippen molar-refractivity contribution in [2.45, 2.75) is 31.5 Å². The second-order valence-electron chi connectivity index (χ2n) is 8.00. The highest BCUT2D eigenvalue weighted by Gasteiger charge is 2.28. The minimum Gasteiger partial charge on any atom is -0.480 e. The Morgan fingerprint density at radius 2 is 1.71 bits per heavy atom. The number of hydrogen-bond acceptors (Lipinski definition) is 5.